The van der Waals surface area contributed by atoms with Gasteiger partial charge in [0.2, 0.25) is 5.91 Å². The van der Waals surface area contributed by atoms with Crippen LogP contribution < -0.4 is 25.3 Å². The molecule has 0 aliphatic rings. The molecule has 2 rings (SSSR count). The number of benzene rings is 2. The van der Waals surface area contributed by atoms with Crippen LogP contribution in [-0.2, 0) is 30.4 Å². The second-order valence-electron chi connectivity index (χ2n) is 10.1. The van der Waals surface area contributed by atoms with Gasteiger partial charge in [-0.25, -0.2) is 9.59 Å². The Morgan fingerprint density at radius 1 is 0.897 bits per heavy atom. The molecule has 10 nitrogen and oxygen atoms in total. The maximum atomic E-state index is 13.5. The lowest BCUT2D eigenvalue weighted by atomic mass is 9.98. The molecule has 2 amide bonds. The zero-order chi connectivity index (χ0) is 29.4. The lowest BCUT2D eigenvalue weighted by molar-refractivity contribution is -0.160. The minimum absolute atomic E-state index is 0.145. The number of thioether (sulfide) groups is 1. The van der Waals surface area contributed by atoms with Crippen LogP contribution in [0.2, 0.25) is 0 Å². The molecule has 0 aliphatic carbocycles. The highest BCUT2D eigenvalue weighted by Crippen LogP contribution is 2.38. The smallest absolute Gasteiger partial charge is 0.408 e. The zero-order valence-electron chi connectivity index (χ0n) is 23.7. The third-order valence-corrected chi connectivity index (χ3v) is 6.88. The van der Waals surface area contributed by atoms with Gasteiger partial charge in [0.05, 0.1) is 21.3 Å². The molecule has 39 heavy (non-hydrogen) atoms. The van der Waals surface area contributed by atoms with E-state index < -0.39 is 40.5 Å². The van der Waals surface area contributed by atoms with Crippen LogP contribution in [0.1, 0.15) is 45.7 Å². The third kappa shape index (κ3) is 8.98. The van der Waals surface area contributed by atoms with Gasteiger partial charge in [-0.15, -0.1) is 11.8 Å². The van der Waals surface area contributed by atoms with E-state index in [0.29, 0.717) is 22.8 Å². The van der Waals surface area contributed by atoms with E-state index in [9.17, 15) is 14.4 Å². The van der Waals surface area contributed by atoms with Gasteiger partial charge in [-0.2, -0.15) is 0 Å². The van der Waals surface area contributed by atoms with E-state index >= 15 is 0 Å². The second kappa shape index (κ2) is 13.5. The average molecular weight is 563 g/mol. The number of esters is 1. The first-order valence-electron chi connectivity index (χ1n) is 12.2. The molecule has 2 aromatic rings. The number of nitrogens with one attached hydrogen (secondary N) is 1. The summed E-state index contributed by atoms with van der Waals surface area (Å²) < 4.78 is 27.5. The fourth-order valence-electron chi connectivity index (χ4n) is 3.64. The van der Waals surface area contributed by atoms with E-state index in [1.54, 1.807) is 46.8 Å². The van der Waals surface area contributed by atoms with Crippen LogP contribution in [0.3, 0.4) is 0 Å². The number of ether oxygens (including phenoxy) is 5. The van der Waals surface area contributed by atoms with Gasteiger partial charge in [0.15, 0.2) is 6.04 Å². The van der Waals surface area contributed by atoms with Crippen molar-refractivity contribution in [3.63, 3.8) is 0 Å². The second-order valence-corrected chi connectivity index (χ2v) is 11.2. The van der Waals surface area contributed by atoms with Gasteiger partial charge in [-0.05, 0) is 40.2 Å². The van der Waals surface area contributed by atoms with Crippen LogP contribution in [0, 0.1) is 0 Å². The maximum Gasteiger partial charge on any atom is 0.408 e. The Bertz CT molecular complexity index is 1120. The molecule has 2 aromatic carbocycles. The lowest BCUT2D eigenvalue weighted by Gasteiger charge is -2.31. The van der Waals surface area contributed by atoms with Crippen molar-refractivity contribution in [3.05, 3.63) is 53.6 Å². The Morgan fingerprint density at radius 2 is 1.46 bits per heavy atom. The first-order valence-corrected chi connectivity index (χ1v) is 13.2. The summed E-state index contributed by atoms with van der Waals surface area (Å²) in [6, 6.07) is 11.0. The molecule has 0 fully saturated rings. The maximum absolute atomic E-state index is 13.5. The Morgan fingerprint density at radius 3 is 1.92 bits per heavy atom. The molecular formula is C28H38N2O8S. The van der Waals surface area contributed by atoms with E-state index in [1.165, 1.54) is 21.3 Å². The number of rotatable bonds is 12. The minimum Gasteiger partial charge on any atom is -0.496 e. The van der Waals surface area contributed by atoms with Gasteiger partial charge in [0, 0.05) is 23.4 Å². The number of primary amides is 1. The Kier molecular flexibility index (Phi) is 10.9. The molecule has 0 aromatic heterocycles. The molecule has 0 unspecified atom stereocenters. The van der Waals surface area contributed by atoms with Crippen LogP contribution in [0.5, 0.6) is 17.2 Å². The normalized spacial score (nSPS) is 13.0. The number of methoxy groups -OCH3 is 3. The topological polar surface area (TPSA) is 135 Å². The van der Waals surface area contributed by atoms with Gasteiger partial charge < -0.3 is 34.7 Å². The van der Waals surface area contributed by atoms with E-state index in [2.05, 4.69) is 5.32 Å². The van der Waals surface area contributed by atoms with Gasteiger partial charge in [-0.1, -0.05) is 30.3 Å². The predicted molar refractivity (Wildman–Crippen MR) is 149 cm³/mol. The molecular weight excluding hydrogens is 524 g/mol. The quantitative estimate of drug-likeness (QED) is 0.365. The van der Waals surface area contributed by atoms with Crippen molar-refractivity contribution in [2.24, 2.45) is 5.73 Å². The molecule has 0 radical (unpaired) electrons. The molecule has 0 saturated heterocycles. The highest BCUT2D eigenvalue weighted by molar-refractivity contribution is 7.99. The van der Waals surface area contributed by atoms with E-state index in [0.717, 1.165) is 17.3 Å². The molecule has 0 bridgehead atoms. The van der Waals surface area contributed by atoms with Crippen LogP contribution >= 0.6 is 11.8 Å². The highest BCUT2D eigenvalue weighted by atomic mass is 32.2. The van der Waals surface area contributed by atoms with Crippen molar-refractivity contribution in [1.82, 2.24) is 5.32 Å². The average Bonchev–Trinajstić information content (AvgIpc) is 2.86. The van der Waals surface area contributed by atoms with Crippen molar-refractivity contribution in [2.45, 2.75) is 62.9 Å². The van der Waals surface area contributed by atoms with Crippen LogP contribution in [0.4, 0.5) is 4.79 Å². The summed E-state index contributed by atoms with van der Waals surface area (Å²) in [5.41, 5.74) is 5.18. The summed E-state index contributed by atoms with van der Waals surface area (Å²) in [7, 11) is 4.49. The fraction of sp³-hybridized carbons (Fsp3) is 0.464. The lowest BCUT2D eigenvalue weighted by Crippen LogP contribution is -2.54. The van der Waals surface area contributed by atoms with Crippen molar-refractivity contribution >= 4 is 29.7 Å². The number of amides is 2. The summed E-state index contributed by atoms with van der Waals surface area (Å²) in [6.07, 6.45) is -0.895. The third-order valence-electron chi connectivity index (χ3n) is 5.56. The SMILES string of the molecule is COc1cc(OC)c(CS[C@@H](C(N)=O)[C@H](NC(=O)OC(C)(C)C)C(=O)OC(C)(C)c2ccccc2)c(OC)c1. The molecule has 214 valence electrons. The van der Waals surface area contributed by atoms with Crippen molar-refractivity contribution in [1.29, 1.82) is 0 Å². The molecule has 2 atom stereocenters. The Hall–Kier alpha value is -3.60. The van der Waals surface area contributed by atoms with Crippen LogP contribution in [0.15, 0.2) is 42.5 Å². The van der Waals surface area contributed by atoms with Crippen molar-refractivity contribution in [3.8, 4) is 17.2 Å². The standard InChI is InChI=1S/C28H38N2O8S/c1-27(2,3)38-26(33)30-22(25(32)37-28(4,5)17-12-10-9-11-13-17)23(24(29)31)39-16-19-20(35-7)14-18(34-6)15-21(19)36-8/h9-15,22-23H,16H2,1-8H3,(H2,29,31)(H,30,33)/t22-,23+/m0/s1. The summed E-state index contributed by atoms with van der Waals surface area (Å²) in [5.74, 6) is -0.120. The highest BCUT2D eigenvalue weighted by Gasteiger charge is 2.40. The number of hydrogen-bond acceptors (Lipinski definition) is 9. The number of alkyl carbamates (subject to hydrolysis) is 1. The number of carbonyl (C=O) groups is 3. The predicted octanol–water partition coefficient (Wildman–Crippen LogP) is 4.17. The monoisotopic (exact) mass is 562 g/mol. The number of carbonyl (C=O) groups excluding carboxylic acids is 3. The van der Waals surface area contributed by atoms with Crippen molar-refractivity contribution in [2.75, 3.05) is 21.3 Å². The van der Waals surface area contributed by atoms with Gasteiger partial charge in [-0.3, -0.25) is 4.79 Å². The molecule has 0 spiro atoms. The van der Waals surface area contributed by atoms with Crippen LogP contribution in [0.25, 0.3) is 0 Å². The molecule has 0 aliphatic heterocycles. The van der Waals surface area contributed by atoms with Crippen molar-refractivity contribution < 1.29 is 38.1 Å². The number of nitrogens with two attached hydrogens (primary N) is 1. The Balaban J connectivity index is 2.42. The molecule has 0 saturated carbocycles. The van der Waals surface area contributed by atoms with Gasteiger partial charge in [0.1, 0.15) is 33.7 Å². The van der Waals surface area contributed by atoms with E-state index in [-0.39, 0.29) is 5.75 Å². The molecule has 3 N–H and O–H groups in total. The zero-order valence-corrected chi connectivity index (χ0v) is 24.5. The van der Waals surface area contributed by atoms with Gasteiger partial charge in [0.25, 0.3) is 0 Å². The first-order chi connectivity index (χ1) is 18.2. The van der Waals surface area contributed by atoms with E-state index in [4.69, 9.17) is 29.4 Å². The molecule has 11 heteroatoms. The number of hydrogen-bond donors (Lipinski definition) is 2. The Labute approximate surface area is 233 Å². The summed E-state index contributed by atoms with van der Waals surface area (Å²) in [6.45, 7) is 8.47. The minimum atomic E-state index is -1.46. The first kappa shape index (κ1) is 31.6. The molecule has 0 heterocycles. The van der Waals surface area contributed by atoms with Crippen LogP contribution in [-0.4, -0.2) is 56.2 Å². The summed E-state index contributed by atoms with van der Waals surface area (Å²) in [4.78, 5) is 39.0. The fourth-order valence-corrected chi connectivity index (χ4v) is 4.81. The summed E-state index contributed by atoms with van der Waals surface area (Å²) >= 11 is 1.03. The largest absolute Gasteiger partial charge is 0.496 e. The van der Waals surface area contributed by atoms with E-state index in [1.807, 2.05) is 30.3 Å². The summed E-state index contributed by atoms with van der Waals surface area (Å²) in [5, 5.41) is 1.27. The van der Waals surface area contributed by atoms with Gasteiger partial charge >= 0.3 is 12.1 Å².